The highest BCUT2D eigenvalue weighted by atomic mass is 35.5. The van der Waals surface area contributed by atoms with Gasteiger partial charge in [0.1, 0.15) is 0 Å². The molecule has 0 aliphatic heterocycles. The molecule has 3 nitrogen and oxygen atoms in total. The van der Waals surface area contributed by atoms with E-state index in [1.807, 2.05) is 0 Å². The fraction of sp³-hybridized carbons (Fsp3) is 0.778. The molecule has 1 fully saturated rings. The zero-order valence-corrected chi connectivity index (χ0v) is 9.05. The molecule has 0 spiro atoms. The average molecular weight is 255 g/mol. The molecule has 1 aromatic rings. The number of alkyl halides is 3. The van der Waals surface area contributed by atoms with Crippen LogP contribution in [0.3, 0.4) is 0 Å². The van der Waals surface area contributed by atoms with Crippen LogP contribution in [0.5, 0.6) is 0 Å². The van der Waals surface area contributed by atoms with Crippen molar-refractivity contribution in [1.29, 1.82) is 0 Å². The maximum absolute atomic E-state index is 12.8. The van der Waals surface area contributed by atoms with Gasteiger partial charge in [0, 0.05) is 5.92 Å². The Morgan fingerprint density at radius 2 is 1.88 bits per heavy atom. The van der Waals surface area contributed by atoms with Gasteiger partial charge in [-0.25, -0.2) is 0 Å². The Morgan fingerprint density at radius 3 is 2.44 bits per heavy atom. The smallest absolute Gasteiger partial charge is 0.392 e. The molecule has 2 atom stereocenters. The zero-order chi connectivity index (χ0) is 11.8. The Kier molecular flexibility index (Phi) is 3.10. The van der Waals surface area contributed by atoms with Gasteiger partial charge in [0.05, 0.1) is 5.92 Å². The van der Waals surface area contributed by atoms with Crippen LogP contribution in [0.4, 0.5) is 13.2 Å². The van der Waals surface area contributed by atoms with Crippen LogP contribution < -0.4 is 0 Å². The maximum Gasteiger partial charge on any atom is 0.392 e. The van der Waals surface area contributed by atoms with Gasteiger partial charge in [-0.3, -0.25) is 0 Å². The van der Waals surface area contributed by atoms with Crippen molar-refractivity contribution in [1.82, 2.24) is 10.2 Å². The van der Waals surface area contributed by atoms with E-state index in [2.05, 4.69) is 10.2 Å². The molecule has 1 heterocycles. The first-order valence-electron chi connectivity index (χ1n) is 5.04. The van der Waals surface area contributed by atoms with E-state index in [-0.39, 0.29) is 17.7 Å². The second kappa shape index (κ2) is 4.24. The van der Waals surface area contributed by atoms with Crippen molar-refractivity contribution in [3.05, 3.63) is 11.2 Å². The molecular formula is C9H10ClF3N2O. The molecule has 7 heteroatoms. The van der Waals surface area contributed by atoms with E-state index >= 15 is 0 Å². The largest absolute Gasteiger partial charge is 0.412 e. The number of aromatic nitrogens is 2. The van der Waals surface area contributed by atoms with E-state index < -0.39 is 18.0 Å². The van der Waals surface area contributed by atoms with E-state index in [0.717, 1.165) is 6.42 Å². The van der Waals surface area contributed by atoms with Crippen molar-refractivity contribution in [2.45, 2.75) is 37.8 Å². The predicted molar refractivity (Wildman–Crippen MR) is 50.1 cm³/mol. The summed E-state index contributed by atoms with van der Waals surface area (Å²) in [4.78, 5) is 0. The summed E-state index contributed by atoms with van der Waals surface area (Å²) in [5.74, 6) is -2.13. The molecule has 2 unspecified atom stereocenters. The average Bonchev–Trinajstić information content (AvgIpc) is 2.64. The van der Waals surface area contributed by atoms with Crippen LogP contribution >= 0.6 is 11.6 Å². The maximum atomic E-state index is 12.8. The van der Waals surface area contributed by atoms with Crippen molar-refractivity contribution in [3.8, 4) is 0 Å². The van der Waals surface area contributed by atoms with E-state index in [0.29, 0.717) is 12.8 Å². The Labute approximate surface area is 95.0 Å². The van der Waals surface area contributed by atoms with Gasteiger partial charge in [-0.05, 0) is 24.4 Å². The van der Waals surface area contributed by atoms with Crippen LogP contribution in [-0.4, -0.2) is 16.4 Å². The Hall–Kier alpha value is -0.780. The number of nitrogens with zero attached hydrogens (tertiary/aromatic N) is 2. The summed E-state index contributed by atoms with van der Waals surface area (Å²) in [5, 5.41) is 6.74. The van der Waals surface area contributed by atoms with Crippen molar-refractivity contribution in [3.63, 3.8) is 0 Å². The Morgan fingerprint density at radius 1 is 1.19 bits per heavy atom. The van der Waals surface area contributed by atoms with E-state index in [1.165, 1.54) is 0 Å². The highest BCUT2D eigenvalue weighted by Crippen LogP contribution is 2.46. The lowest BCUT2D eigenvalue weighted by Crippen LogP contribution is -2.31. The highest BCUT2D eigenvalue weighted by molar-refractivity contribution is 6.27. The summed E-state index contributed by atoms with van der Waals surface area (Å²) >= 11 is 5.42. The van der Waals surface area contributed by atoms with Gasteiger partial charge in [0.2, 0.25) is 5.89 Å². The van der Waals surface area contributed by atoms with E-state index in [9.17, 15) is 13.2 Å². The van der Waals surface area contributed by atoms with Crippen LogP contribution in [0.2, 0.25) is 5.35 Å². The summed E-state index contributed by atoms with van der Waals surface area (Å²) < 4.78 is 43.2. The van der Waals surface area contributed by atoms with Crippen molar-refractivity contribution in [2.24, 2.45) is 5.92 Å². The molecule has 1 aromatic heterocycles. The van der Waals surface area contributed by atoms with Gasteiger partial charge in [0.15, 0.2) is 0 Å². The lowest BCUT2D eigenvalue weighted by molar-refractivity contribution is -0.188. The molecule has 0 saturated heterocycles. The topological polar surface area (TPSA) is 38.9 Å². The van der Waals surface area contributed by atoms with Gasteiger partial charge in [-0.1, -0.05) is 17.9 Å². The first-order valence-corrected chi connectivity index (χ1v) is 5.42. The predicted octanol–water partition coefficient (Wildman–Crippen LogP) is 3.56. The molecule has 0 bridgehead atoms. The number of rotatable bonds is 1. The fourth-order valence-electron chi connectivity index (χ4n) is 2.18. The molecule has 1 aliphatic rings. The van der Waals surface area contributed by atoms with E-state index in [4.69, 9.17) is 16.0 Å². The second-order valence-corrected chi connectivity index (χ2v) is 4.26. The minimum Gasteiger partial charge on any atom is -0.412 e. The Bertz CT molecular complexity index is 366. The Balaban J connectivity index is 2.23. The number of halogens is 4. The lowest BCUT2D eigenvalue weighted by atomic mass is 9.79. The number of hydrogen-bond donors (Lipinski definition) is 0. The molecule has 90 valence electrons. The van der Waals surface area contributed by atoms with Crippen LogP contribution in [0.1, 0.15) is 37.5 Å². The van der Waals surface area contributed by atoms with Crippen LogP contribution in [-0.2, 0) is 0 Å². The van der Waals surface area contributed by atoms with Gasteiger partial charge in [-0.15, -0.1) is 5.10 Å². The van der Waals surface area contributed by atoms with Gasteiger partial charge < -0.3 is 4.42 Å². The third-order valence-electron chi connectivity index (χ3n) is 2.92. The molecule has 1 aliphatic carbocycles. The van der Waals surface area contributed by atoms with Crippen molar-refractivity contribution in [2.75, 3.05) is 0 Å². The minimum atomic E-state index is -4.22. The summed E-state index contributed by atoms with van der Waals surface area (Å²) in [6.45, 7) is 0. The molecule has 0 N–H and O–H groups in total. The summed E-state index contributed by atoms with van der Waals surface area (Å²) in [7, 11) is 0. The lowest BCUT2D eigenvalue weighted by Gasteiger charge is -2.30. The van der Waals surface area contributed by atoms with Crippen LogP contribution in [0, 0.1) is 5.92 Å². The summed E-state index contributed by atoms with van der Waals surface area (Å²) in [6, 6.07) is 0. The first-order chi connectivity index (χ1) is 7.48. The van der Waals surface area contributed by atoms with Gasteiger partial charge >= 0.3 is 11.5 Å². The van der Waals surface area contributed by atoms with Crippen molar-refractivity contribution >= 4 is 11.6 Å². The van der Waals surface area contributed by atoms with Gasteiger partial charge in [0.25, 0.3) is 0 Å². The summed E-state index contributed by atoms with van der Waals surface area (Å²) in [6.07, 6.45) is -2.34. The fourth-order valence-corrected chi connectivity index (χ4v) is 2.30. The third-order valence-corrected chi connectivity index (χ3v) is 3.07. The quantitative estimate of drug-likeness (QED) is 0.769. The monoisotopic (exact) mass is 254 g/mol. The molecule has 0 radical (unpaired) electrons. The van der Waals surface area contributed by atoms with Crippen LogP contribution in [0.15, 0.2) is 4.42 Å². The molecule has 2 rings (SSSR count). The molecule has 1 saturated carbocycles. The van der Waals surface area contributed by atoms with Gasteiger partial charge in [-0.2, -0.15) is 13.2 Å². The molecule has 16 heavy (non-hydrogen) atoms. The first kappa shape index (κ1) is 11.7. The zero-order valence-electron chi connectivity index (χ0n) is 8.30. The standard InChI is InChI=1S/C9H10ClF3N2O/c10-8-15-14-7(16-8)5-3-1-2-4-6(5)9(11,12)13/h5-6H,1-4H2. The summed E-state index contributed by atoms with van der Waals surface area (Å²) in [5.41, 5.74) is 0. The highest BCUT2D eigenvalue weighted by Gasteiger charge is 2.47. The van der Waals surface area contributed by atoms with E-state index in [1.54, 1.807) is 0 Å². The minimum absolute atomic E-state index is 0.00650. The molecular weight excluding hydrogens is 245 g/mol. The van der Waals surface area contributed by atoms with Crippen LogP contribution in [0.25, 0.3) is 0 Å². The SMILES string of the molecule is FC(F)(F)C1CCCCC1c1nnc(Cl)o1. The molecule has 0 aromatic carbocycles. The second-order valence-electron chi connectivity index (χ2n) is 3.93. The third kappa shape index (κ3) is 2.31. The molecule has 0 amide bonds. The number of hydrogen-bond acceptors (Lipinski definition) is 3. The normalized spacial score (nSPS) is 27.0. The van der Waals surface area contributed by atoms with Crippen molar-refractivity contribution < 1.29 is 17.6 Å².